The molecule has 0 aromatic carbocycles. The van der Waals surface area contributed by atoms with E-state index in [0.717, 1.165) is 0 Å². The second-order valence-electron chi connectivity index (χ2n) is 19.8. The topological polar surface area (TPSA) is 445 Å². The van der Waals surface area contributed by atoms with Crippen LogP contribution in [-0.2, 0) is 52.7 Å². The Morgan fingerprint density at radius 3 is 1.41 bits per heavy atom. The molecule has 0 aliphatic carbocycles. The van der Waals surface area contributed by atoms with Gasteiger partial charge in [0.15, 0.2) is 11.9 Å². The first-order valence-corrected chi connectivity index (χ1v) is 25.5. The fourth-order valence-electron chi connectivity index (χ4n) is 8.45. The van der Waals surface area contributed by atoms with E-state index in [1.165, 1.54) is 37.5 Å². The van der Waals surface area contributed by atoms with Gasteiger partial charge in [0.05, 0.1) is 6.54 Å². The normalized spacial score (nSPS) is 17.9. The first kappa shape index (κ1) is 63.8. The number of primary amides is 1. The third kappa shape index (κ3) is 22.4. The maximum Gasteiger partial charge on any atom is 0.245 e. The molecule has 28 heteroatoms. The van der Waals surface area contributed by atoms with Crippen LogP contribution in [0.2, 0.25) is 0 Å². The quantitative estimate of drug-likeness (QED) is 0.0183. The van der Waals surface area contributed by atoms with Crippen molar-refractivity contribution in [1.82, 2.24) is 52.3 Å². The van der Waals surface area contributed by atoms with Crippen LogP contribution in [-0.4, -0.2) is 174 Å². The molecule has 2 heterocycles. The number of hydrogen-bond donors (Lipinski definition) is 13. The molecular formula is C47H83N17O11. The highest BCUT2D eigenvalue weighted by Gasteiger charge is 2.40. The number of carbonyl (C=O) groups is 11. The van der Waals surface area contributed by atoms with E-state index in [4.69, 9.17) is 28.7 Å². The SMILES string of the molecule is CC(=O)N[C@@H](CCCN=C(N)N)C(=O)N1CCC[C@H]1C(=O)N[C@@H](CCCN=C(N)N)C(=O)N[C@@H](CC(C)C)C(=O)N[C@@H](C)C(=O)N[C@@H](C)C(=O)N[C@@H](C)C(=O)NCC(=O)N1CCC[C@H]1C(=O)N[C@@H](CC(C)C)C(N)=O. The molecule has 2 rings (SSSR count). The summed E-state index contributed by atoms with van der Waals surface area (Å²) in [6, 6.07) is -9.83. The monoisotopic (exact) mass is 1060 g/mol. The largest absolute Gasteiger partial charge is 0.370 e. The van der Waals surface area contributed by atoms with Crippen LogP contribution in [0.4, 0.5) is 0 Å². The summed E-state index contributed by atoms with van der Waals surface area (Å²) in [4.78, 5) is 156. The molecular weight excluding hydrogens is 979 g/mol. The van der Waals surface area contributed by atoms with E-state index in [2.05, 4.69) is 52.5 Å². The summed E-state index contributed by atoms with van der Waals surface area (Å²) in [5, 5.41) is 20.7. The molecule has 2 aliphatic rings. The van der Waals surface area contributed by atoms with E-state index >= 15 is 0 Å². The minimum absolute atomic E-state index is 0.0144. The van der Waals surface area contributed by atoms with Crippen molar-refractivity contribution >= 4 is 76.9 Å². The number of guanidine groups is 2. The molecule has 0 unspecified atom stereocenters. The predicted molar refractivity (Wildman–Crippen MR) is 277 cm³/mol. The van der Waals surface area contributed by atoms with Crippen LogP contribution in [0, 0.1) is 11.8 Å². The summed E-state index contributed by atoms with van der Waals surface area (Å²) in [5.41, 5.74) is 27.3. The number of carbonyl (C=O) groups excluding carboxylic acids is 11. The maximum absolute atomic E-state index is 14.0. The standard InChI is InChI=1S/C47H83N17O11/c1-24(2)21-32(37(48)67)61-43(73)34-15-11-19-63(34)36(66)23-55-38(68)26(5)56-39(69)27(6)57-40(70)28(7)58-42(72)33(22-25(3)4)62-41(71)30(13-9-17-53-46(49)50)60-44(74)35-16-12-20-64(35)45(75)31(59-29(8)65)14-10-18-54-47(51)52/h24-28,30-35H,9-23H2,1-8H3,(H2,48,67)(H,55,68)(H,56,69)(H,57,70)(H,58,72)(H,59,65)(H,60,74)(H,61,73)(H,62,71)(H4,49,50,53)(H4,51,52,54)/t26-,27-,28-,30-,31-,32-,33-,34-,35-/m0/s1. The van der Waals surface area contributed by atoms with Gasteiger partial charge in [0.1, 0.15) is 54.4 Å². The van der Waals surface area contributed by atoms with E-state index in [0.29, 0.717) is 32.1 Å². The van der Waals surface area contributed by atoms with Gasteiger partial charge in [0, 0.05) is 33.1 Å². The van der Waals surface area contributed by atoms with Crippen molar-refractivity contribution < 1.29 is 52.7 Å². The molecule has 0 radical (unpaired) electrons. The van der Waals surface area contributed by atoms with Gasteiger partial charge in [-0.25, -0.2) is 0 Å². The Labute approximate surface area is 438 Å². The van der Waals surface area contributed by atoms with Gasteiger partial charge < -0.3 is 81.0 Å². The molecule has 0 saturated carbocycles. The molecule has 422 valence electrons. The second-order valence-corrected chi connectivity index (χ2v) is 19.8. The summed E-state index contributed by atoms with van der Waals surface area (Å²) >= 11 is 0. The molecule has 2 saturated heterocycles. The average Bonchev–Trinajstić information content (AvgIpc) is 4.03. The number of nitrogens with zero attached hydrogens (tertiary/aromatic N) is 4. The fourth-order valence-corrected chi connectivity index (χ4v) is 8.45. The Balaban J connectivity index is 2.07. The second kappa shape index (κ2) is 31.4. The number of aliphatic imine (C=N–C) groups is 2. The lowest BCUT2D eigenvalue weighted by atomic mass is 10.0. The van der Waals surface area contributed by atoms with Crippen molar-refractivity contribution in [3.05, 3.63) is 0 Å². The number of nitrogens with two attached hydrogens (primary N) is 5. The average molecular weight is 1060 g/mol. The van der Waals surface area contributed by atoms with E-state index in [1.807, 2.05) is 13.8 Å². The van der Waals surface area contributed by atoms with Crippen LogP contribution in [0.5, 0.6) is 0 Å². The van der Waals surface area contributed by atoms with Gasteiger partial charge in [-0.2, -0.15) is 0 Å². The van der Waals surface area contributed by atoms with Gasteiger partial charge in [0.25, 0.3) is 0 Å². The highest BCUT2D eigenvalue weighted by Crippen LogP contribution is 2.21. The number of rotatable bonds is 30. The smallest absolute Gasteiger partial charge is 0.245 e. The van der Waals surface area contributed by atoms with Gasteiger partial charge in [0.2, 0.25) is 65.0 Å². The van der Waals surface area contributed by atoms with Crippen LogP contribution in [0.25, 0.3) is 0 Å². The van der Waals surface area contributed by atoms with E-state index in [9.17, 15) is 52.7 Å². The maximum atomic E-state index is 14.0. The lowest BCUT2D eigenvalue weighted by Gasteiger charge is -2.30. The summed E-state index contributed by atoms with van der Waals surface area (Å²) in [6.45, 7) is 13.0. The summed E-state index contributed by atoms with van der Waals surface area (Å²) in [7, 11) is 0. The van der Waals surface area contributed by atoms with Gasteiger partial charge in [-0.05, 0) is 96.8 Å². The highest BCUT2D eigenvalue weighted by atomic mass is 16.2. The van der Waals surface area contributed by atoms with Crippen LogP contribution in [0.1, 0.15) is 120 Å². The van der Waals surface area contributed by atoms with Gasteiger partial charge in [-0.1, -0.05) is 27.7 Å². The molecule has 2 aliphatic heterocycles. The Bertz CT molecular complexity index is 2100. The molecule has 0 aromatic rings. The molecule has 9 atom stereocenters. The number of nitrogens with one attached hydrogen (secondary N) is 8. The minimum atomic E-state index is -1.24. The molecule has 0 spiro atoms. The summed E-state index contributed by atoms with van der Waals surface area (Å²) in [5.74, 6) is -7.55. The van der Waals surface area contributed by atoms with Crippen molar-refractivity contribution in [3.8, 4) is 0 Å². The zero-order chi connectivity index (χ0) is 56.7. The molecule has 11 amide bonds. The molecule has 18 N–H and O–H groups in total. The van der Waals surface area contributed by atoms with Crippen molar-refractivity contribution in [3.63, 3.8) is 0 Å². The third-order valence-corrected chi connectivity index (χ3v) is 12.3. The minimum Gasteiger partial charge on any atom is -0.370 e. The van der Waals surface area contributed by atoms with E-state index in [-0.39, 0.29) is 82.0 Å². The van der Waals surface area contributed by atoms with Crippen molar-refractivity contribution in [1.29, 1.82) is 0 Å². The Kier molecular flexibility index (Phi) is 26.8. The first-order chi connectivity index (χ1) is 35.1. The summed E-state index contributed by atoms with van der Waals surface area (Å²) < 4.78 is 0. The van der Waals surface area contributed by atoms with Crippen LogP contribution >= 0.6 is 0 Å². The lowest BCUT2D eigenvalue weighted by molar-refractivity contribution is -0.142. The van der Waals surface area contributed by atoms with Crippen molar-refractivity contribution in [2.24, 2.45) is 50.5 Å². The Hall–Kier alpha value is -7.29. The van der Waals surface area contributed by atoms with E-state index in [1.54, 1.807) is 13.8 Å². The first-order valence-electron chi connectivity index (χ1n) is 25.5. The molecule has 2 fully saturated rings. The third-order valence-electron chi connectivity index (χ3n) is 12.3. The number of likely N-dealkylation sites (tertiary alicyclic amines) is 2. The number of hydrogen-bond acceptors (Lipinski definition) is 13. The molecule has 0 bridgehead atoms. The highest BCUT2D eigenvalue weighted by molar-refractivity contribution is 5.98. The van der Waals surface area contributed by atoms with E-state index < -0.39 is 126 Å². The van der Waals surface area contributed by atoms with Gasteiger partial charge in [-0.3, -0.25) is 62.7 Å². The predicted octanol–water partition coefficient (Wildman–Crippen LogP) is -4.76. The number of amides is 11. The zero-order valence-electron chi connectivity index (χ0n) is 44.6. The van der Waals surface area contributed by atoms with Crippen LogP contribution in [0.15, 0.2) is 9.98 Å². The Morgan fingerprint density at radius 1 is 0.507 bits per heavy atom. The summed E-state index contributed by atoms with van der Waals surface area (Å²) in [6.07, 6.45) is 2.79. The lowest BCUT2D eigenvalue weighted by Crippen LogP contribution is -2.59. The molecule has 75 heavy (non-hydrogen) atoms. The van der Waals surface area contributed by atoms with Crippen molar-refractivity contribution in [2.75, 3.05) is 32.7 Å². The molecule has 28 nitrogen and oxygen atoms in total. The van der Waals surface area contributed by atoms with Crippen molar-refractivity contribution in [2.45, 2.75) is 174 Å². The Morgan fingerprint density at radius 2 is 0.933 bits per heavy atom. The van der Waals surface area contributed by atoms with Gasteiger partial charge >= 0.3 is 0 Å². The van der Waals surface area contributed by atoms with Gasteiger partial charge in [-0.15, -0.1) is 0 Å². The zero-order valence-corrected chi connectivity index (χ0v) is 44.6. The van der Waals surface area contributed by atoms with Crippen LogP contribution < -0.4 is 71.2 Å². The fraction of sp³-hybridized carbons (Fsp3) is 0.723. The van der Waals surface area contributed by atoms with Crippen LogP contribution in [0.3, 0.4) is 0 Å². The molecule has 0 aromatic heterocycles.